The van der Waals surface area contributed by atoms with Gasteiger partial charge in [-0.15, -0.1) is 11.3 Å². The second-order valence-electron chi connectivity index (χ2n) is 4.25. The molecular weight excluding hydrogens is 208 g/mol. The predicted octanol–water partition coefficient (Wildman–Crippen LogP) is 1.88. The van der Waals surface area contributed by atoms with Gasteiger partial charge >= 0.3 is 0 Å². The van der Waals surface area contributed by atoms with Crippen LogP contribution in [0.3, 0.4) is 0 Å². The van der Waals surface area contributed by atoms with Crippen molar-refractivity contribution in [3.63, 3.8) is 0 Å². The standard InChI is InChI=1S/C11H18N2OS/c1-9(14)11-4-2-3-5-13(11)6-10-7-15-8-12-10/h7-9,11,14H,2-6H2,1H3. The van der Waals surface area contributed by atoms with E-state index in [-0.39, 0.29) is 6.10 Å². The second-order valence-corrected chi connectivity index (χ2v) is 4.97. The van der Waals surface area contributed by atoms with Gasteiger partial charge in [-0.05, 0) is 26.3 Å². The summed E-state index contributed by atoms with van der Waals surface area (Å²) in [6.07, 6.45) is 3.36. The molecule has 1 aromatic rings. The van der Waals surface area contributed by atoms with Crippen molar-refractivity contribution in [3.05, 3.63) is 16.6 Å². The molecule has 84 valence electrons. The molecule has 0 aliphatic carbocycles. The number of likely N-dealkylation sites (tertiary alicyclic amines) is 1. The van der Waals surface area contributed by atoms with E-state index < -0.39 is 0 Å². The van der Waals surface area contributed by atoms with E-state index in [1.807, 2.05) is 12.4 Å². The molecule has 1 aliphatic heterocycles. The molecule has 2 atom stereocenters. The third kappa shape index (κ3) is 2.77. The number of piperidine rings is 1. The first-order valence-electron chi connectivity index (χ1n) is 5.56. The van der Waals surface area contributed by atoms with Gasteiger partial charge in [0.15, 0.2) is 0 Å². The third-order valence-electron chi connectivity index (χ3n) is 3.07. The van der Waals surface area contributed by atoms with Gasteiger partial charge in [-0.3, -0.25) is 4.90 Å². The number of nitrogens with zero attached hydrogens (tertiary/aromatic N) is 2. The van der Waals surface area contributed by atoms with Crippen LogP contribution in [0.25, 0.3) is 0 Å². The first-order valence-corrected chi connectivity index (χ1v) is 6.51. The van der Waals surface area contributed by atoms with Crippen LogP contribution in [0.15, 0.2) is 10.9 Å². The molecule has 1 saturated heterocycles. The number of aliphatic hydroxyl groups is 1. The molecule has 1 fully saturated rings. The van der Waals surface area contributed by atoms with Gasteiger partial charge in [-0.2, -0.15) is 0 Å². The zero-order valence-electron chi connectivity index (χ0n) is 9.09. The minimum atomic E-state index is -0.232. The summed E-state index contributed by atoms with van der Waals surface area (Å²) in [6, 6.07) is 0.320. The highest BCUT2D eigenvalue weighted by Crippen LogP contribution is 2.21. The molecule has 0 bridgehead atoms. The highest BCUT2D eigenvalue weighted by atomic mass is 32.1. The highest BCUT2D eigenvalue weighted by molar-refractivity contribution is 7.07. The Kier molecular flexibility index (Phi) is 3.72. The van der Waals surface area contributed by atoms with E-state index in [1.54, 1.807) is 11.3 Å². The maximum Gasteiger partial charge on any atom is 0.0795 e. The summed E-state index contributed by atoms with van der Waals surface area (Å²) in [5.74, 6) is 0. The summed E-state index contributed by atoms with van der Waals surface area (Å²) >= 11 is 1.64. The van der Waals surface area contributed by atoms with Crippen molar-refractivity contribution in [2.75, 3.05) is 6.54 Å². The topological polar surface area (TPSA) is 36.4 Å². The lowest BCUT2D eigenvalue weighted by Crippen LogP contribution is -2.45. The van der Waals surface area contributed by atoms with Gasteiger partial charge in [0.2, 0.25) is 0 Å². The molecular formula is C11H18N2OS. The van der Waals surface area contributed by atoms with Crippen LogP contribution in [0.5, 0.6) is 0 Å². The summed E-state index contributed by atoms with van der Waals surface area (Å²) in [5.41, 5.74) is 3.00. The molecule has 2 unspecified atom stereocenters. The highest BCUT2D eigenvalue weighted by Gasteiger charge is 2.26. The van der Waals surface area contributed by atoms with Crippen molar-refractivity contribution in [2.24, 2.45) is 0 Å². The minimum absolute atomic E-state index is 0.232. The normalized spacial score (nSPS) is 25.3. The molecule has 1 aromatic heterocycles. The molecule has 1 aliphatic rings. The number of hydrogen-bond acceptors (Lipinski definition) is 4. The van der Waals surface area contributed by atoms with Crippen LogP contribution >= 0.6 is 11.3 Å². The minimum Gasteiger partial charge on any atom is -0.392 e. The van der Waals surface area contributed by atoms with Crippen LogP contribution in [-0.2, 0) is 6.54 Å². The maximum absolute atomic E-state index is 9.72. The van der Waals surface area contributed by atoms with Crippen LogP contribution in [0, 0.1) is 0 Å². The Hall–Kier alpha value is -0.450. The van der Waals surface area contributed by atoms with Gasteiger partial charge in [0.05, 0.1) is 17.3 Å². The van der Waals surface area contributed by atoms with E-state index >= 15 is 0 Å². The van der Waals surface area contributed by atoms with Gasteiger partial charge in [0.1, 0.15) is 0 Å². The van der Waals surface area contributed by atoms with E-state index in [0.29, 0.717) is 6.04 Å². The lowest BCUT2D eigenvalue weighted by Gasteiger charge is -2.36. The zero-order chi connectivity index (χ0) is 10.7. The number of thiazole rings is 1. The molecule has 0 saturated carbocycles. The summed E-state index contributed by atoms with van der Waals surface area (Å²) in [6.45, 7) is 3.87. The van der Waals surface area contributed by atoms with Gasteiger partial charge in [0.25, 0.3) is 0 Å². The quantitative estimate of drug-likeness (QED) is 0.855. The molecule has 4 heteroatoms. The molecule has 0 aromatic carbocycles. The van der Waals surface area contributed by atoms with Crippen LogP contribution in [0.4, 0.5) is 0 Å². The van der Waals surface area contributed by atoms with E-state index in [0.717, 1.165) is 25.2 Å². The lowest BCUT2D eigenvalue weighted by molar-refractivity contribution is 0.0311. The van der Waals surface area contributed by atoms with Crippen molar-refractivity contribution < 1.29 is 5.11 Å². The molecule has 2 rings (SSSR count). The Morgan fingerprint density at radius 3 is 3.20 bits per heavy atom. The largest absolute Gasteiger partial charge is 0.392 e. The fourth-order valence-corrected chi connectivity index (χ4v) is 2.83. The van der Waals surface area contributed by atoms with E-state index in [2.05, 4.69) is 15.3 Å². The summed E-state index contributed by atoms with van der Waals surface area (Å²) in [7, 11) is 0. The first-order chi connectivity index (χ1) is 7.27. The van der Waals surface area contributed by atoms with Crippen molar-refractivity contribution >= 4 is 11.3 Å². The zero-order valence-corrected chi connectivity index (χ0v) is 9.91. The third-order valence-corrected chi connectivity index (χ3v) is 3.70. The number of rotatable bonds is 3. The maximum atomic E-state index is 9.72. The monoisotopic (exact) mass is 226 g/mol. The van der Waals surface area contributed by atoms with E-state index in [4.69, 9.17) is 0 Å². The van der Waals surface area contributed by atoms with Crippen LogP contribution in [0.1, 0.15) is 31.9 Å². The van der Waals surface area contributed by atoms with Gasteiger partial charge in [0, 0.05) is 18.0 Å². The Balaban J connectivity index is 1.99. The molecule has 0 spiro atoms. The SMILES string of the molecule is CC(O)C1CCCCN1Cc1cscn1. The van der Waals surface area contributed by atoms with Gasteiger partial charge in [-0.25, -0.2) is 4.98 Å². The average molecular weight is 226 g/mol. The summed E-state index contributed by atoms with van der Waals surface area (Å²) in [5, 5.41) is 11.8. The van der Waals surface area contributed by atoms with Crippen molar-refractivity contribution in [2.45, 2.75) is 44.9 Å². The fourth-order valence-electron chi connectivity index (χ4n) is 2.28. The number of aliphatic hydroxyl groups excluding tert-OH is 1. The number of hydrogen-bond donors (Lipinski definition) is 1. The van der Waals surface area contributed by atoms with Crippen LogP contribution in [0.2, 0.25) is 0 Å². The lowest BCUT2D eigenvalue weighted by atomic mass is 9.98. The molecule has 3 nitrogen and oxygen atoms in total. The Morgan fingerprint density at radius 2 is 2.53 bits per heavy atom. The van der Waals surface area contributed by atoms with Gasteiger partial charge in [-0.1, -0.05) is 6.42 Å². The van der Waals surface area contributed by atoms with Gasteiger partial charge < -0.3 is 5.11 Å². The number of aromatic nitrogens is 1. The molecule has 0 radical (unpaired) electrons. The second kappa shape index (κ2) is 5.05. The van der Waals surface area contributed by atoms with Crippen LogP contribution < -0.4 is 0 Å². The Bertz CT molecular complexity index is 287. The van der Waals surface area contributed by atoms with Crippen molar-refractivity contribution in [1.82, 2.24) is 9.88 Å². The first kappa shape index (κ1) is 11.0. The average Bonchev–Trinajstić information content (AvgIpc) is 2.71. The van der Waals surface area contributed by atoms with Crippen molar-refractivity contribution in [3.8, 4) is 0 Å². The van der Waals surface area contributed by atoms with E-state index in [1.165, 1.54) is 12.8 Å². The summed E-state index contributed by atoms with van der Waals surface area (Å²) < 4.78 is 0. The smallest absolute Gasteiger partial charge is 0.0795 e. The fraction of sp³-hybridized carbons (Fsp3) is 0.727. The Labute approximate surface area is 94.8 Å². The molecule has 15 heavy (non-hydrogen) atoms. The van der Waals surface area contributed by atoms with Crippen molar-refractivity contribution in [1.29, 1.82) is 0 Å². The molecule has 1 N–H and O–H groups in total. The van der Waals surface area contributed by atoms with Crippen LogP contribution in [-0.4, -0.2) is 33.7 Å². The predicted molar refractivity (Wildman–Crippen MR) is 61.8 cm³/mol. The Morgan fingerprint density at radius 1 is 1.67 bits per heavy atom. The molecule has 2 heterocycles. The molecule has 0 amide bonds. The van der Waals surface area contributed by atoms with E-state index in [9.17, 15) is 5.11 Å². The summed E-state index contributed by atoms with van der Waals surface area (Å²) in [4.78, 5) is 6.66.